The van der Waals surface area contributed by atoms with Crippen LogP contribution in [0.15, 0.2) is 29.1 Å². The van der Waals surface area contributed by atoms with E-state index in [2.05, 4.69) is 9.97 Å². The highest BCUT2D eigenvalue weighted by molar-refractivity contribution is 5.96. The van der Waals surface area contributed by atoms with Crippen molar-refractivity contribution >= 4 is 22.7 Å². The van der Waals surface area contributed by atoms with Crippen LogP contribution in [0.2, 0.25) is 0 Å². The van der Waals surface area contributed by atoms with Crippen molar-refractivity contribution in [1.29, 1.82) is 0 Å². The van der Waals surface area contributed by atoms with Crippen molar-refractivity contribution in [2.24, 2.45) is 0 Å². The Hall–Kier alpha value is -2.63. The summed E-state index contributed by atoms with van der Waals surface area (Å²) in [7, 11) is 1.67. The number of carbonyl (C=O) groups is 1. The van der Waals surface area contributed by atoms with Crippen molar-refractivity contribution < 1.29 is 4.79 Å². The first-order valence-corrected chi connectivity index (χ1v) is 5.94. The average Bonchev–Trinajstić information content (AvgIpc) is 2.91. The topological polar surface area (TPSA) is 70.5 Å². The Morgan fingerprint density at radius 2 is 2.05 bits per heavy atom. The zero-order chi connectivity index (χ0) is 13.1. The molecule has 19 heavy (non-hydrogen) atoms. The van der Waals surface area contributed by atoms with Gasteiger partial charge >= 0.3 is 0 Å². The molecule has 0 saturated heterocycles. The second-order valence-corrected chi connectivity index (χ2v) is 4.71. The summed E-state index contributed by atoms with van der Waals surface area (Å²) in [6.07, 6.45) is 0. The Labute approximate surface area is 107 Å². The predicted octanol–water partition coefficient (Wildman–Crippen LogP) is 0.761. The number of hydrogen-bond donors (Lipinski definition) is 1. The molecule has 0 unspecified atom stereocenters. The van der Waals surface area contributed by atoms with Gasteiger partial charge < -0.3 is 9.88 Å². The SMILES string of the molecule is CN1Cc2c(nc3[nH]c4ccccc4n3c2=O)C1=O. The van der Waals surface area contributed by atoms with Crippen LogP contribution in [0.25, 0.3) is 16.8 Å². The Morgan fingerprint density at radius 3 is 2.89 bits per heavy atom. The Kier molecular flexibility index (Phi) is 1.75. The van der Waals surface area contributed by atoms with Crippen LogP contribution in [0.4, 0.5) is 0 Å². The van der Waals surface area contributed by atoms with E-state index in [1.807, 2.05) is 24.3 Å². The van der Waals surface area contributed by atoms with Gasteiger partial charge in [-0.15, -0.1) is 0 Å². The number of aromatic amines is 1. The Bertz CT molecular complexity index is 906. The zero-order valence-corrected chi connectivity index (χ0v) is 10.2. The first-order valence-electron chi connectivity index (χ1n) is 5.94. The number of hydrogen-bond acceptors (Lipinski definition) is 3. The quantitative estimate of drug-likeness (QED) is 0.644. The summed E-state index contributed by atoms with van der Waals surface area (Å²) >= 11 is 0. The Morgan fingerprint density at radius 1 is 1.26 bits per heavy atom. The van der Waals surface area contributed by atoms with Crippen LogP contribution >= 0.6 is 0 Å². The van der Waals surface area contributed by atoms with E-state index in [0.717, 1.165) is 11.0 Å². The maximum absolute atomic E-state index is 12.5. The maximum atomic E-state index is 12.5. The lowest BCUT2D eigenvalue weighted by Crippen LogP contribution is -2.19. The lowest BCUT2D eigenvalue weighted by atomic mass is 10.2. The molecule has 3 aromatic rings. The summed E-state index contributed by atoms with van der Waals surface area (Å²) in [4.78, 5) is 33.3. The first-order chi connectivity index (χ1) is 9.16. The fraction of sp³-hybridized carbons (Fsp3) is 0.154. The summed E-state index contributed by atoms with van der Waals surface area (Å²) in [6, 6.07) is 7.49. The lowest BCUT2D eigenvalue weighted by molar-refractivity contribution is 0.0812. The molecule has 1 amide bonds. The molecule has 94 valence electrons. The molecule has 3 heterocycles. The standard InChI is InChI=1S/C13H10N4O2/c1-16-6-7-10(12(16)19)15-13-14-8-4-2-3-5-9(8)17(13)11(7)18/h2-5H,6H2,1H3,(H,14,15). The van der Waals surface area contributed by atoms with Gasteiger partial charge in [0.25, 0.3) is 11.5 Å². The van der Waals surface area contributed by atoms with Gasteiger partial charge in [-0.25, -0.2) is 9.38 Å². The van der Waals surface area contributed by atoms with Gasteiger partial charge in [0.15, 0.2) is 0 Å². The molecule has 1 aliphatic heterocycles. The van der Waals surface area contributed by atoms with Gasteiger partial charge in [0.2, 0.25) is 5.78 Å². The molecule has 0 atom stereocenters. The van der Waals surface area contributed by atoms with Crippen molar-refractivity contribution in [3.63, 3.8) is 0 Å². The minimum atomic E-state index is -0.201. The third-order valence-corrected chi connectivity index (χ3v) is 3.51. The molecule has 6 heteroatoms. The maximum Gasteiger partial charge on any atom is 0.273 e. The number of imidazole rings is 1. The molecule has 0 fully saturated rings. The average molecular weight is 254 g/mol. The van der Waals surface area contributed by atoms with Crippen LogP contribution in [-0.2, 0) is 6.54 Å². The van der Waals surface area contributed by atoms with E-state index in [0.29, 0.717) is 17.9 Å². The number of amides is 1. The minimum Gasteiger partial charge on any atom is -0.336 e. The van der Waals surface area contributed by atoms with E-state index >= 15 is 0 Å². The van der Waals surface area contributed by atoms with Crippen LogP contribution in [-0.4, -0.2) is 32.2 Å². The zero-order valence-electron chi connectivity index (χ0n) is 10.2. The van der Waals surface area contributed by atoms with Crippen LogP contribution in [0.3, 0.4) is 0 Å². The van der Waals surface area contributed by atoms with Crippen molar-refractivity contribution in [2.75, 3.05) is 7.05 Å². The number of nitrogens with one attached hydrogen (secondary N) is 1. The van der Waals surface area contributed by atoms with E-state index < -0.39 is 0 Å². The van der Waals surface area contributed by atoms with Gasteiger partial charge in [-0.2, -0.15) is 0 Å². The van der Waals surface area contributed by atoms with Crippen molar-refractivity contribution in [3.05, 3.63) is 45.9 Å². The van der Waals surface area contributed by atoms with Crippen molar-refractivity contribution in [2.45, 2.75) is 6.54 Å². The van der Waals surface area contributed by atoms with E-state index in [9.17, 15) is 9.59 Å². The fourth-order valence-electron chi connectivity index (χ4n) is 2.57. The van der Waals surface area contributed by atoms with Crippen LogP contribution in [0, 0.1) is 0 Å². The number of para-hydroxylation sites is 2. The predicted molar refractivity (Wildman–Crippen MR) is 69.1 cm³/mol. The second kappa shape index (κ2) is 3.23. The molecule has 0 saturated carbocycles. The highest BCUT2D eigenvalue weighted by Crippen LogP contribution is 2.19. The molecule has 4 rings (SSSR count). The van der Waals surface area contributed by atoms with Gasteiger partial charge in [-0.05, 0) is 12.1 Å². The third kappa shape index (κ3) is 1.17. The van der Waals surface area contributed by atoms with Crippen molar-refractivity contribution in [3.8, 4) is 0 Å². The third-order valence-electron chi connectivity index (χ3n) is 3.51. The van der Waals surface area contributed by atoms with Gasteiger partial charge in [-0.1, -0.05) is 12.1 Å². The summed E-state index contributed by atoms with van der Waals surface area (Å²) in [5.74, 6) is 0.210. The molecular weight excluding hydrogens is 244 g/mol. The smallest absolute Gasteiger partial charge is 0.273 e. The monoisotopic (exact) mass is 254 g/mol. The molecule has 0 aliphatic carbocycles. The number of benzene rings is 1. The number of fused-ring (bicyclic) bond motifs is 4. The van der Waals surface area contributed by atoms with Crippen LogP contribution in [0.1, 0.15) is 16.1 Å². The molecule has 0 spiro atoms. The molecule has 1 N–H and O–H groups in total. The molecule has 2 aromatic heterocycles. The van der Waals surface area contributed by atoms with E-state index in [-0.39, 0.29) is 17.2 Å². The number of rotatable bonds is 0. The van der Waals surface area contributed by atoms with Crippen LogP contribution < -0.4 is 5.56 Å². The molecule has 1 aromatic carbocycles. The summed E-state index contributed by atoms with van der Waals surface area (Å²) in [5.41, 5.74) is 2.17. The molecule has 0 radical (unpaired) electrons. The first kappa shape index (κ1) is 10.3. The molecule has 6 nitrogen and oxygen atoms in total. The number of carbonyl (C=O) groups excluding carboxylic acids is 1. The highest BCUT2D eigenvalue weighted by Gasteiger charge is 2.30. The number of H-pyrrole nitrogens is 1. The molecule has 0 bridgehead atoms. The van der Waals surface area contributed by atoms with E-state index in [1.54, 1.807) is 7.05 Å². The minimum absolute atomic E-state index is 0.171. The van der Waals surface area contributed by atoms with Gasteiger partial charge in [0.05, 0.1) is 23.1 Å². The number of aromatic nitrogens is 3. The van der Waals surface area contributed by atoms with Crippen molar-refractivity contribution in [1.82, 2.24) is 19.3 Å². The van der Waals surface area contributed by atoms with Crippen LogP contribution in [0.5, 0.6) is 0 Å². The summed E-state index contributed by atoms with van der Waals surface area (Å²) in [6.45, 7) is 0.322. The van der Waals surface area contributed by atoms with E-state index in [1.165, 1.54) is 9.30 Å². The summed E-state index contributed by atoms with van der Waals surface area (Å²) in [5, 5.41) is 0. The molecular formula is C13H10N4O2. The largest absolute Gasteiger partial charge is 0.336 e. The van der Waals surface area contributed by atoms with Gasteiger partial charge in [0, 0.05) is 7.05 Å². The second-order valence-electron chi connectivity index (χ2n) is 4.71. The molecule has 1 aliphatic rings. The van der Waals surface area contributed by atoms with Gasteiger partial charge in [-0.3, -0.25) is 9.59 Å². The number of nitrogens with zero attached hydrogens (tertiary/aromatic N) is 3. The lowest BCUT2D eigenvalue weighted by Gasteiger charge is -2.03. The fourth-order valence-corrected chi connectivity index (χ4v) is 2.57. The Balaban J connectivity index is 2.22. The highest BCUT2D eigenvalue weighted by atomic mass is 16.2. The van der Waals surface area contributed by atoms with Gasteiger partial charge in [0.1, 0.15) is 5.69 Å². The summed E-state index contributed by atoms with van der Waals surface area (Å²) < 4.78 is 1.53. The van der Waals surface area contributed by atoms with E-state index in [4.69, 9.17) is 0 Å². The normalized spacial score (nSPS) is 14.6.